The highest BCUT2D eigenvalue weighted by atomic mass is 19.1. The van der Waals surface area contributed by atoms with Crippen molar-refractivity contribution in [2.75, 3.05) is 6.61 Å². The molecule has 0 aromatic heterocycles. The summed E-state index contributed by atoms with van der Waals surface area (Å²) < 4.78 is 24.1. The average Bonchev–Trinajstić information content (AvgIpc) is 2.31. The Labute approximate surface area is 93.2 Å². The van der Waals surface area contributed by atoms with Crippen molar-refractivity contribution in [3.8, 4) is 5.75 Å². The van der Waals surface area contributed by atoms with Gasteiger partial charge < -0.3 is 9.47 Å². The Bertz CT molecular complexity index is 373. The van der Waals surface area contributed by atoms with Gasteiger partial charge in [0.05, 0.1) is 12.2 Å². The summed E-state index contributed by atoms with van der Waals surface area (Å²) in [6.45, 7) is 0.649. The van der Waals surface area contributed by atoms with Gasteiger partial charge in [0.2, 0.25) is 0 Å². The summed E-state index contributed by atoms with van der Waals surface area (Å²) in [5.74, 6) is -0.315. The molecule has 1 fully saturated rings. The summed E-state index contributed by atoms with van der Waals surface area (Å²) in [7, 11) is 0. The molecule has 0 radical (unpaired) electrons. The van der Waals surface area contributed by atoms with E-state index in [1.54, 1.807) is 6.07 Å². The second-order valence-electron chi connectivity index (χ2n) is 3.68. The van der Waals surface area contributed by atoms with Crippen LogP contribution in [-0.2, 0) is 4.74 Å². The molecule has 0 spiro atoms. The summed E-state index contributed by atoms with van der Waals surface area (Å²) in [6, 6.07) is 4.32. The van der Waals surface area contributed by atoms with Crippen molar-refractivity contribution in [1.82, 2.24) is 0 Å². The van der Waals surface area contributed by atoms with Crippen LogP contribution < -0.4 is 4.74 Å². The highest BCUT2D eigenvalue weighted by Gasteiger charge is 2.17. The van der Waals surface area contributed by atoms with Crippen molar-refractivity contribution >= 4 is 6.29 Å². The summed E-state index contributed by atoms with van der Waals surface area (Å²) >= 11 is 0. The first-order valence-corrected chi connectivity index (χ1v) is 5.33. The van der Waals surface area contributed by atoms with Gasteiger partial charge in [-0.2, -0.15) is 0 Å². The van der Waals surface area contributed by atoms with Crippen LogP contribution in [0, 0.1) is 5.82 Å². The second-order valence-corrected chi connectivity index (χ2v) is 3.68. The Morgan fingerprint density at radius 2 is 2.31 bits per heavy atom. The van der Waals surface area contributed by atoms with Gasteiger partial charge in [0.15, 0.2) is 12.6 Å². The number of carbonyl (C=O) groups is 1. The largest absolute Gasteiger partial charge is 0.464 e. The molecule has 1 aromatic carbocycles. The van der Waals surface area contributed by atoms with Gasteiger partial charge in [0.25, 0.3) is 0 Å². The van der Waals surface area contributed by atoms with Crippen molar-refractivity contribution in [3.63, 3.8) is 0 Å². The predicted molar refractivity (Wildman–Crippen MR) is 56.0 cm³/mol. The van der Waals surface area contributed by atoms with Crippen molar-refractivity contribution in [2.45, 2.75) is 25.6 Å². The molecule has 1 aliphatic heterocycles. The Kier molecular flexibility index (Phi) is 3.51. The van der Waals surface area contributed by atoms with Crippen molar-refractivity contribution in [1.29, 1.82) is 0 Å². The number of halogens is 1. The fraction of sp³-hybridized carbons (Fsp3) is 0.417. The number of rotatable bonds is 3. The fourth-order valence-electron chi connectivity index (χ4n) is 1.68. The summed E-state index contributed by atoms with van der Waals surface area (Å²) in [4.78, 5) is 10.7. The monoisotopic (exact) mass is 224 g/mol. The highest BCUT2D eigenvalue weighted by Crippen LogP contribution is 2.23. The highest BCUT2D eigenvalue weighted by molar-refractivity contribution is 5.79. The third-order valence-corrected chi connectivity index (χ3v) is 2.53. The third kappa shape index (κ3) is 2.39. The van der Waals surface area contributed by atoms with Crippen LogP contribution in [0.4, 0.5) is 4.39 Å². The minimum atomic E-state index is -0.566. The van der Waals surface area contributed by atoms with Gasteiger partial charge in [-0.3, -0.25) is 4.79 Å². The molecule has 4 heteroatoms. The zero-order valence-electron chi connectivity index (χ0n) is 8.82. The molecule has 0 N–H and O–H groups in total. The minimum Gasteiger partial charge on any atom is -0.464 e. The molecular formula is C12H13FO3. The van der Waals surface area contributed by atoms with E-state index < -0.39 is 5.82 Å². The Morgan fingerprint density at radius 3 is 3.00 bits per heavy atom. The van der Waals surface area contributed by atoms with E-state index in [-0.39, 0.29) is 17.6 Å². The van der Waals surface area contributed by atoms with Crippen LogP contribution in [-0.4, -0.2) is 19.2 Å². The third-order valence-electron chi connectivity index (χ3n) is 2.53. The normalized spacial score (nSPS) is 20.4. The predicted octanol–water partition coefficient (Wildman–Crippen LogP) is 2.54. The zero-order chi connectivity index (χ0) is 11.4. The number of hydrogen-bond donors (Lipinski definition) is 0. The van der Waals surface area contributed by atoms with Gasteiger partial charge in [-0.1, -0.05) is 6.07 Å². The van der Waals surface area contributed by atoms with E-state index in [0.29, 0.717) is 12.9 Å². The van der Waals surface area contributed by atoms with Crippen LogP contribution in [0.2, 0.25) is 0 Å². The molecule has 1 saturated heterocycles. The quantitative estimate of drug-likeness (QED) is 0.740. The molecule has 0 saturated carbocycles. The SMILES string of the molecule is O=Cc1c(F)cccc1OC1CCCCO1. The zero-order valence-corrected chi connectivity index (χ0v) is 8.82. The van der Waals surface area contributed by atoms with Crippen LogP contribution in [0.25, 0.3) is 0 Å². The first-order valence-electron chi connectivity index (χ1n) is 5.33. The number of aldehydes is 1. The molecule has 1 heterocycles. The van der Waals surface area contributed by atoms with E-state index >= 15 is 0 Å². The van der Waals surface area contributed by atoms with Gasteiger partial charge in [-0.15, -0.1) is 0 Å². The molecule has 2 rings (SSSR count). The Morgan fingerprint density at radius 1 is 1.44 bits per heavy atom. The van der Waals surface area contributed by atoms with Crippen molar-refractivity contribution < 1.29 is 18.7 Å². The van der Waals surface area contributed by atoms with Crippen LogP contribution in [0.15, 0.2) is 18.2 Å². The lowest BCUT2D eigenvalue weighted by Gasteiger charge is -2.24. The Hall–Kier alpha value is -1.42. The minimum absolute atomic E-state index is 0.0447. The lowest BCUT2D eigenvalue weighted by atomic mass is 10.2. The first kappa shape index (κ1) is 11.1. The number of ether oxygens (including phenoxy) is 2. The van der Waals surface area contributed by atoms with Crippen LogP contribution in [0.1, 0.15) is 29.6 Å². The molecule has 16 heavy (non-hydrogen) atoms. The Balaban J connectivity index is 2.13. The van der Waals surface area contributed by atoms with Crippen LogP contribution in [0.5, 0.6) is 5.75 Å². The molecule has 1 atom stereocenters. The number of carbonyl (C=O) groups excluding carboxylic acids is 1. The van der Waals surface area contributed by atoms with Crippen molar-refractivity contribution in [2.24, 2.45) is 0 Å². The summed E-state index contributed by atoms with van der Waals surface area (Å²) in [5.41, 5.74) is -0.0447. The van der Waals surface area contributed by atoms with Gasteiger partial charge in [-0.05, 0) is 25.0 Å². The van der Waals surface area contributed by atoms with E-state index in [1.165, 1.54) is 12.1 Å². The van der Waals surface area contributed by atoms with E-state index in [0.717, 1.165) is 19.3 Å². The maximum absolute atomic E-state index is 13.3. The van der Waals surface area contributed by atoms with Gasteiger partial charge in [0, 0.05) is 6.42 Å². The lowest BCUT2D eigenvalue weighted by Crippen LogP contribution is -2.25. The maximum Gasteiger partial charge on any atom is 0.199 e. The average molecular weight is 224 g/mol. The number of benzene rings is 1. The summed E-state index contributed by atoms with van der Waals surface area (Å²) in [5, 5.41) is 0. The molecule has 86 valence electrons. The second kappa shape index (κ2) is 5.07. The van der Waals surface area contributed by atoms with Gasteiger partial charge in [0.1, 0.15) is 11.6 Å². The molecule has 1 unspecified atom stereocenters. The molecule has 1 aliphatic rings. The topological polar surface area (TPSA) is 35.5 Å². The van der Waals surface area contributed by atoms with E-state index in [4.69, 9.17) is 9.47 Å². The molecule has 0 amide bonds. The summed E-state index contributed by atoms with van der Waals surface area (Å²) in [6.07, 6.45) is 2.91. The first-order chi connectivity index (χ1) is 7.81. The molecular weight excluding hydrogens is 211 g/mol. The molecule has 3 nitrogen and oxygen atoms in total. The maximum atomic E-state index is 13.3. The number of hydrogen-bond acceptors (Lipinski definition) is 3. The smallest absolute Gasteiger partial charge is 0.199 e. The molecule has 0 bridgehead atoms. The molecule has 0 aliphatic carbocycles. The van der Waals surface area contributed by atoms with Gasteiger partial charge >= 0.3 is 0 Å². The van der Waals surface area contributed by atoms with E-state index in [2.05, 4.69) is 0 Å². The lowest BCUT2D eigenvalue weighted by molar-refractivity contribution is -0.106. The van der Waals surface area contributed by atoms with E-state index in [9.17, 15) is 9.18 Å². The van der Waals surface area contributed by atoms with Crippen molar-refractivity contribution in [3.05, 3.63) is 29.6 Å². The van der Waals surface area contributed by atoms with E-state index in [1.807, 2.05) is 0 Å². The fourth-order valence-corrected chi connectivity index (χ4v) is 1.68. The molecule has 1 aromatic rings. The standard InChI is InChI=1S/C12H13FO3/c13-10-4-3-5-11(9(10)8-14)16-12-6-1-2-7-15-12/h3-5,8,12H,1-2,6-7H2. The van der Waals surface area contributed by atoms with Gasteiger partial charge in [-0.25, -0.2) is 4.39 Å². The van der Waals surface area contributed by atoms with Crippen LogP contribution >= 0.6 is 0 Å². The van der Waals surface area contributed by atoms with Crippen LogP contribution in [0.3, 0.4) is 0 Å².